The van der Waals surface area contributed by atoms with Gasteiger partial charge in [0.2, 0.25) is 10.0 Å². The lowest BCUT2D eigenvalue weighted by atomic mass is 10.1. The molecule has 1 aromatic rings. The maximum Gasteiger partial charge on any atom is 0.241 e. The highest BCUT2D eigenvalue weighted by Gasteiger charge is 2.24. The van der Waals surface area contributed by atoms with Crippen LogP contribution in [0.25, 0.3) is 0 Å². The molecule has 0 saturated carbocycles. The van der Waals surface area contributed by atoms with E-state index >= 15 is 0 Å². The fourth-order valence-corrected chi connectivity index (χ4v) is 4.01. The van der Waals surface area contributed by atoms with Gasteiger partial charge >= 0.3 is 0 Å². The Labute approximate surface area is 120 Å². The predicted octanol–water partition coefficient (Wildman–Crippen LogP) is 1.25. The van der Waals surface area contributed by atoms with E-state index in [0.29, 0.717) is 24.3 Å². The van der Waals surface area contributed by atoms with E-state index in [9.17, 15) is 13.5 Å². The quantitative estimate of drug-likeness (QED) is 0.877. The number of hydrogen-bond donors (Lipinski definition) is 2. The standard InChI is InChI=1S/C14H21NO4S/c1-10-6-12(8-16)7-14(11(10)2)20(17,18)15-13-4-3-5-19-9-13/h6-7,13,15-16H,3-5,8-9H2,1-2H3. The summed E-state index contributed by atoms with van der Waals surface area (Å²) in [6, 6.07) is 3.16. The summed E-state index contributed by atoms with van der Waals surface area (Å²) >= 11 is 0. The molecule has 0 aliphatic carbocycles. The van der Waals surface area contributed by atoms with E-state index in [0.717, 1.165) is 18.4 Å². The molecule has 5 nitrogen and oxygen atoms in total. The Hall–Kier alpha value is -0.950. The van der Waals surface area contributed by atoms with Gasteiger partial charge in [0.05, 0.1) is 18.1 Å². The third kappa shape index (κ3) is 3.38. The molecule has 0 radical (unpaired) electrons. The van der Waals surface area contributed by atoms with Gasteiger partial charge in [0.25, 0.3) is 0 Å². The zero-order valence-electron chi connectivity index (χ0n) is 11.8. The smallest absolute Gasteiger partial charge is 0.241 e. The van der Waals surface area contributed by atoms with Gasteiger partial charge in [0.15, 0.2) is 0 Å². The third-order valence-electron chi connectivity index (χ3n) is 3.63. The van der Waals surface area contributed by atoms with E-state index in [4.69, 9.17) is 4.74 Å². The fourth-order valence-electron chi connectivity index (χ4n) is 2.39. The second-order valence-electron chi connectivity index (χ2n) is 5.23. The maximum absolute atomic E-state index is 12.5. The minimum atomic E-state index is -3.59. The summed E-state index contributed by atoms with van der Waals surface area (Å²) < 4.78 is 33.0. The normalized spacial score (nSPS) is 20.1. The molecule has 1 aliphatic rings. The van der Waals surface area contributed by atoms with E-state index in [1.807, 2.05) is 6.92 Å². The zero-order valence-corrected chi connectivity index (χ0v) is 12.7. The van der Waals surface area contributed by atoms with Crippen molar-refractivity contribution in [3.05, 3.63) is 28.8 Å². The van der Waals surface area contributed by atoms with Crippen molar-refractivity contribution in [3.8, 4) is 0 Å². The number of hydrogen-bond acceptors (Lipinski definition) is 4. The molecule has 1 aliphatic heterocycles. The van der Waals surface area contributed by atoms with Crippen molar-refractivity contribution in [2.75, 3.05) is 13.2 Å². The number of aliphatic hydroxyl groups is 1. The van der Waals surface area contributed by atoms with Crippen LogP contribution in [0, 0.1) is 13.8 Å². The van der Waals surface area contributed by atoms with Crippen LogP contribution < -0.4 is 4.72 Å². The summed E-state index contributed by atoms with van der Waals surface area (Å²) in [6.45, 7) is 4.56. The number of aliphatic hydroxyl groups excluding tert-OH is 1. The number of nitrogens with one attached hydrogen (secondary N) is 1. The summed E-state index contributed by atoms with van der Waals surface area (Å²) in [5, 5.41) is 9.23. The molecule has 1 heterocycles. The molecule has 1 aromatic carbocycles. The van der Waals surface area contributed by atoms with Gasteiger partial charge in [-0.3, -0.25) is 0 Å². The first-order chi connectivity index (χ1) is 9.44. The summed E-state index contributed by atoms with van der Waals surface area (Å²) in [5.41, 5.74) is 2.18. The van der Waals surface area contributed by atoms with Crippen molar-refractivity contribution < 1.29 is 18.3 Å². The fraction of sp³-hybridized carbons (Fsp3) is 0.571. The third-order valence-corrected chi connectivity index (χ3v) is 5.28. The van der Waals surface area contributed by atoms with Gasteiger partial charge < -0.3 is 9.84 Å². The van der Waals surface area contributed by atoms with E-state index < -0.39 is 10.0 Å². The average molecular weight is 299 g/mol. The number of rotatable bonds is 4. The molecule has 2 N–H and O–H groups in total. The Kier molecular flexibility index (Phi) is 4.80. The lowest BCUT2D eigenvalue weighted by Gasteiger charge is -2.23. The van der Waals surface area contributed by atoms with Crippen molar-refractivity contribution >= 4 is 10.0 Å². The van der Waals surface area contributed by atoms with Crippen LogP contribution in [-0.4, -0.2) is 32.8 Å². The van der Waals surface area contributed by atoms with Crippen molar-refractivity contribution in [2.45, 2.75) is 44.2 Å². The Morgan fingerprint density at radius 3 is 2.75 bits per heavy atom. The first kappa shape index (κ1) is 15.4. The van der Waals surface area contributed by atoms with Crippen molar-refractivity contribution in [2.24, 2.45) is 0 Å². The first-order valence-electron chi connectivity index (χ1n) is 6.75. The van der Waals surface area contributed by atoms with E-state index in [1.165, 1.54) is 6.07 Å². The summed E-state index contributed by atoms with van der Waals surface area (Å²) in [5.74, 6) is 0. The van der Waals surface area contributed by atoms with Gasteiger partial charge in [-0.1, -0.05) is 6.07 Å². The number of sulfonamides is 1. The summed E-state index contributed by atoms with van der Waals surface area (Å²) in [4.78, 5) is 0.243. The Morgan fingerprint density at radius 2 is 2.15 bits per heavy atom. The van der Waals surface area contributed by atoms with Crippen molar-refractivity contribution in [1.82, 2.24) is 4.72 Å². The molecular formula is C14H21NO4S. The molecular weight excluding hydrogens is 278 g/mol. The molecule has 6 heteroatoms. The second-order valence-corrected chi connectivity index (χ2v) is 6.91. The number of ether oxygens (including phenoxy) is 1. The predicted molar refractivity (Wildman–Crippen MR) is 76.0 cm³/mol. The maximum atomic E-state index is 12.5. The van der Waals surface area contributed by atoms with Gasteiger partial charge in [-0.05, 0) is 49.4 Å². The van der Waals surface area contributed by atoms with Crippen LogP contribution in [0.15, 0.2) is 17.0 Å². The molecule has 0 amide bonds. The highest BCUT2D eigenvalue weighted by atomic mass is 32.2. The topological polar surface area (TPSA) is 75.6 Å². The molecule has 0 bridgehead atoms. The number of aryl methyl sites for hydroxylation is 1. The van der Waals surface area contributed by atoms with Gasteiger partial charge in [0, 0.05) is 12.6 Å². The molecule has 2 rings (SSSR count). The van der Waals surface area contributed by atoms with Crippen LogP contribution in [0.2, 0.25) is 0 Å². The van der Waals surface area contributed by atoms with Crippen molar-refractivity contribution in [3.63, 3.8) is 0 Å². The molecule has 1 saturated heterocycles. The van der Waals surface area contributed by atoms with Gasteiger partial charge in [-0.25, -0.2) is 13.1 Å². The van der Waals surface area contributed by atoms with E-state index in [1.54, 1.807) is 13.0 Å². The minimum Gasteiger partial charge on any atom is -0.392 e. The van der Waals surface area contributed by atoms with Gasteiger partial charge in [-0.15, -0.1) is 0 Å². The van der Waals surface area contributed by atoms with Crippen LogP contribution in [0.5, 0.6) is 0 Å². The minimum absolute atomic E-state index is 0.170. The van der Waals surface area contributed by atoms with Gasteiger partial charge in [0.1, 0.15) is 0 Å². The molecule has 0 aromatic heterocycles. The van der Waals surface area contributed by atoms with Crippen molar-refractivity contribution in [1.29, 1.82) is 0 Å². The molecule has 1 fully saturated rings. The van der Waals surface area contributed by atoms with Crippen LogP contribution in [0.1, 0.15) is 29.5 Å². The van der Waals surface area contributed by atoms with Crippen LogP contribution >= 0.6 is 0 Å². The molecule has 20 heavy (non-hydrogen) atoms. The number of benzene rings is 1. The molecule has 1 unspecified atom stereocenters. The van der Waals surface area contributed by atoms with E-state index in [2.05, 4.69) is 4.72 Å². The Bertz CT molecular complexity index is 577. The summed E-state index contributed by atoms with van der Waals surface area (Å²) in [7, 11) is -3.59. The monoisotopic (exact) mass is 299 g/mol. The molecule has 0 spiro atoms. The highest BCUT2D eigenvalue weighted by Crippen LogP contribution is 2.22. The Balaban J connectivity index is 2.30. The van der Waals surface area contributed by atoms with Crippen LogP contribution in [0.4, 0.5) is 0 Å². The van der Waals surface area contributed by atoms with E-state index in [-0.39, 0.29) is 17.5 Å². The van der Waals surface area contributed by atoms with Crippen LogP contribution in [0.3, 0.4) is 0 Å². The largest absolute Gasteiger partial charge is 0.392 e. The second kappa shape index (κ2) is 6.22. The lowest BCUT2D eigenvalue weighted by molar-refractivity contribution is 0.0774. The SMILES string of the molecule is Cc1cc(CO)cc(S(=O)(=O)NC2CCCOC2)c1C. The van der Waals surface area contributed by atoms with Gasteiger partial charge in [-0.2, -0.15) is 0 Å². The highest BCUT2D eigenvalue weighted by molar-refractivity contribution is 7.89. The zero-order chi connectivity index (χ0) is 14.8. The molecule has 112 valence electrons. The molecule has 1 atom stereocenters. The first-order valence-corrected chi connectivity index (χ1v) is 8.23. The summed E-state index contributed by atoms with van der Waals surface area (Å²) in [6.07, 6.45) is 1.65. The van der Waals surface area contributed by atoms with Crippen LogP contribution in [-0.2, 0) is 21.4 Å². The average Bonchev–Trinajstić information content (AvgIpc) is 2.42. The lowest BCUT2D eigenvalue weighted by Crippen LogP contribution is -2.40. The Morgan fingerprint density at radius 1 is 1.40 bits per heavy atom.